The molecule has 0 aliphatic carbocycles. The Bertz CT molecular complexity index is 816. The van der Waals surface area contributed by atoms with Gasteiger partial charge in [-0.15, -0.1) is 0 Å². The lowest BCUT2D eigenvalue weighted by molar-refractivity contribution is 0.113. The first-order valence-electron chi connectivity index (χ1n) is 8.41. The zero-order valence-electron chi connectivity index (χ0n) is 13.9. The highest BCUT2D eigenvalue weighted by Gasteiger charge is 2.15. The van der Waals surface area contributed by atoms with E-state index in [1.165, 1.54) is 5.69 Å². The Kier molecular flexibility index (Phi) is 4.83. The number of aromatic nitrogens is 4. The van der Waals surface area contributed by atoms with Crippen molar-refractivity contribution in [2.24, 2.45) is 0 Å². The summed E-state index contributed by atoms with van der Waals surface area (Å²) in [5.74, 6) is 0.886. The van der Waals surface area contributed by atoms with Crippen molar-refractivity contribution in [1.82, 2.24) is 24.6 Å². The minimum Gasteiger partial charge on any atom is -0.375 e. The fourth-order valence-corrected chi connectivity index (χ4v) is 3.08. The highest BCUT2D eigenvalue weighted by atomic mass is 35.5. The molecule has 4 rings (SSSR count). The Hall–Kier alpha value is -2.15. The van der Waals surface area contributed by atoms with Gasteiger partial charge < -0.3 is 14.6 Å². The molecule has 1 N–H and O–H groups in total. The number of hydrogen-bond acceptors (Lipinski definition) is 4. The monoisotopic (exact) mass is 357 g/mol. The van der Waals surface area contributed by atoms with Crippen LogP contribution in [-0.2, 0) is 31.0 Å². The van der Waals surface area contributed by atoms with E-state index in [-0.39, 0.29) is 0 Å². The van der Waals surface area contributed by atoms with Crippen molar-refractivity contribution in [3.8, 4) is 11.5 Å². The van der Waals surface area contributed by atoms with E-state index in [4.69, 9.17) is 16.3 Å². The minimum atomic E-state index is 0.575. The second kappa shape index (κ2) is 7.39. The van der Waals surface area contributed by atoms with Gasteiger partial charge in [0.25, 0.3) is 0 Å². The molecule has 130 valence electrons. The summed E-state index contributed by atoms with van der Waals surface area (Å²) in [6.45, 7) is 4.65. The van der Waals surface area contributed by atoms with Crippen LogP contribution in [0.2, 0.25) is 5.02 Å². The highest BCUT2D eigenvalue weighted by molar-refractivity contribution is 6.30. The number of hydrogen-bond donors (Lipinski definition) is 1. The molecule has 1 aliphatic heterocycles. The lowest BCUT2D eigenvalue weighted by Gasteiger charge is -2.13. The quantitative estimate of drug-likeness (QED) is 0.689. The van der Waals surface area contributed by atoms with Crippen LogP contribution < -0.4 is 5.32 Å². The Labute approximate surface area is 151 Å². The fraction of sp³-hybridized carbons (Fsp3) is 0.333. The van der Waals surface area contributed by atoms with Crippen LogP contribution in [0, 0.1) is 0 Å². The number of benzene rings is 1. The predicted molar refractivity (Wildman–Crippen MR) is 96.3 cm³/mol. The van der Waals surface area contributed by atoms with E-state index in [1.807, 2.05) is 36.7 Å². The highest BCUT2D eigenvalue weighted by Crippen LogP contribution is 2.19. The molecule has 25 heavy (non-hydrogen) atoms. The standard InChI is InChI=1S/C18H20ClN5O/c19-15-3-1-14(2-4-15)13-25-10-9-23-7-6-21-18(23)17-11-16-12-20-5-8-24(16)22-17/h1-4,6-7,11,20H,5,8-10,12-13H2. The molecule has 1 aromatic carbocycles. The van der Waals surface area contributed by atoms with E-state index >= 15 is 0 Å². The smallest absolute Gasteiger partial charge is 0.160 e. The van der Waals surface area contributed by atoms with Gasteiger partial charge >= 0.3 is 0 Å². The zero-order chi connectivity index (χ0) is 17.1. The van der Waals surface area contributed by atoms with Gasteiger partial charge in [0.15, 0.2) is 5.82 Å². The van der Waals surface area contributed by atoms with Gasteiger partial charge in [-0.2, -0.15) is 5.10 Å². The lowest BCUT2D eigenvalue weighted by atomic mass is 10.2. The van der Waals surface area contributed by atoms with Gasteiger partial charge in [0.2, 0.25) is 0 Å². The third-order valence-electron chi connectivity index (χ3n) is 4.27. The molecule has 6 nitrogen and oxygen atoms in total. The maximum Gasteiger partial charge on any atom is 0.160 e. The maximum atomic E-state index is 5.89. The Morgan fingerprint density at radius 3 is 2.96 bits per heavy atom. The summed E-state index contributed by atoms with van der Waals surface area (Å²) in [5.41, 5.74) is 3.24. The minimum absolute atomic E-state index is 0.575. The van der Waals surface area contributed by atoms with Crippen molar-refractivity contribution < 1.29 is 4.74 Å². The molecular formula is C18H20ClN5O. The van der Waals surface area contributed by atoms with Crippen LogP contribution in [-0.4, -0.2) is 32.5 Å². The molecule has 0 saturated carbocycles. The van der Waals surface area contributed by atoms with Crippen LogP contribution >= 0.6 is 11.6 Å². The summed E-state index contributed by atoms with van der Waals surface area (Å²) in [6, 6.07) is 9.83. The maximum absolute atomic E-state index is 5.89. The van der Waals surface area contributed by atoms with Gasteiger partial charge in [-0.05, 0) is 23.8 Å². The average molecular weight is 358 g/mol. The van der Waals surface area contributed by atoms with Crippen molar-refractivity contribution in [2.75, 3.05) is 13.2 Å². The summed E-state index contributed by atoms with van der Waals surface area (Å²) in [7, 11) is 0. The SMILES string of the molecule is Clc1ccc(COCCn2ccnc2-c2cc3n(n2)CCNC3)cc1. The average Bonchev–Trinajstić information content (AvgIpc) is 3.26. The third-order valence-corrected chi connectivity index (χ3v) is 4.52. The van der Waals surface area contributed by atoms with E-state index in [0.29, 0.717) is 13.2 Å². The summed E-state index contributed by atoms with van der Waals surface area (Å²) < 4.78 is 9.92. The molecule has 0 radical (unpaired) electrons. The van der Waals surface area contributed by atoms with Crippen molar-refractivity contribution in [3.05, 3.63) is 59.0 Å². The van der Waals surface area contributed by atoms with Crippen molar-refractivity contribution in [1.29, 1.82) is 0 Å². The third kappa shape index (κ3) is 3.76. The Morgan fingerprint density at radius 2 is 2.12 bits per heavy atom. The number of halogens is 1. The molecule has 7 heteroatoms. The van der Waals surface area contributed by atoms with Gasteiger partial charge in [-0.1, -0.05) is 23.7 Å². The van der Waals surface area contributed by atoms with Gasteiger partial charge in [0.1, 0.15) is 5.69 Å². The predicted octanol–water partition coefficient (Wildman–Crippen LogP) is 2.72. The lowest BCUT2D eigenvalue weighted by Crippen LogP contribution is -2.28. The number of rotatable bonds is 6. The number of nitrogens with one attached hydrogen (secondary N) is 1. The van der Waals surface area contributed by atoms with Crippen LogP contribution in [0.4, 0.5) is 0 Å². The van der Waals surface area contributed by atoms with E-state index in [1.54, 1.807) is 0 Å². The molecule has 1 aliphatic rings. The summed E-state index contributed by atoms with van der Waals surface area (Å²) in [4.78, 5) is 4.47. The summed E-state index contributed by atoms with van der Waals surface area (Å²) in [5, 5.41) is 8.78. The van der Waals surface area contributed by atoms with E-state index in [2.05, 4.69) is 30.7 Å². The molecule has 0 bridgehead atoms. The van der Waals surface area contributed by atoms with Crippen LogP contribution in [0.1, 0.15) is 11.3 Å². The number of fused-ring (bicyclic) bond motifs is 1. The molecule has 3 heterocycles. The first-order chi connectivity index (χ1) is 12.3. The van der Waals surface area contributed by atoms with Crippen LogP contribution in [0.3, 0.4) is 0 Å². The second-order valence-electron chi connectivity index (χ2n) is 6.04. The first kappa shape index (κ1) is 16.3. The Morgan fingerprint density at radius 1 is 1.24 bits per heavy atom. The molecule has 0 amide bonds. The largest absolute Gasteiger partial charge is 0.375 e. The molecule has 3 aromatic rings. The molecule has 2 aromatic heterocycles. The number of ether oxygens (including phenoxy) is 1. The van der Waals surface area contributed by atoms with Gasteiger partial charge in [0, 0.05) is 37.1 Å². The van der Waals surface area contributed by atoms with Crippen molar-refractivity contribution in [3.63, 3.8) is 0 Å². The van der Waals surface area contributed by atoms with Gasteiger partial charge in [0.05, 0.1) is 25.5 Å². The number of nitrogens with zero attached hydrogens (tertiary/aromatic N) is 4. The topological polar surface area (TPSA) is 56.9 Å². The fourth-order valence-electron chi connectivity index (χ4n) is 2.96. The van der Waals surface area contributed by atoms with E-state index in [9.17, 15) is 0 Å². The van der Waals surface area contributed by atoms with Crippen molar-refractivity contribution >= 4 is 11.6 Å². The molecule has 0 spiro atoms. The normalized spacial score (nSPS) is 13.8. The summed E-state index contributed by atoms with van der Waals surface area (Å²) >= 11 is 5.89. The molecule has 0 fully saturated rings. The summed E-state index contributed by atoms with van der Waals surface area (Å²) in [6.07, 6.45) is 3.78. The van der Waals surface area contributed by atoms with Crippen LogP contribution in [0.15, 0.2) is 42.7 Å². The van der Waals surface area contributed by atoms with Gasteiger partial charge in [-0.25, -0.2) is 4.98 Å². The molecule has 0 unspecified atom stereocenters. The number of imidazole rings is 1. The second-order valence-corrected chi connectivity index (χ2v) is 6.48. The van der Waals surface area contributed by atoms with Crippen LogP contribution in [0.25, 0.3) is 11.5 Å². The van der Waals surface area contributed by atoms with Crippen LogP contribution in [0.5, 0.6) is 0 Å². The first-order valence-corrected chi connectivity index (χ1v) is 8.78. The van der Waals surface area contributed by atoms with E-state index in [0.717, 1.165) is 48.3 Å². The Balaban J connectivity index is 1.37. The molecule has 0 saturated heterocycles. The van der Waals surface area contributed by atoms with E-state index < -0.39 is 0 Å². The van der Waals surface area contributed by atoms with Crippen molar-refractivity contribution in [2.45, 2.75) is 26.2 Å². The molecule has 0 atom stereocenters. The van der Waals surface area contributed by atoms with Gasteiger partial charge in [-0.3, -0.25) is 4.68 Å². The molecular weight excluding hydrogens is 338 g/mol. The zero-order valence-corrected chi connectivity index (χ0v) is 14.6.